The second-order valence-electron chi connectivity index (χ2n) is 7.00. The van der Waals surface area contributed by atoms with E-state index < -0.39 is 10.4 Å². The number of unbranched alkanes of at least 4 members (excludes halogenated alkanes) is 9. The number of hydrogen-bond donors (Lipinski definition) is 3. The standard InChI is InChI=1S/C18H40NO3.H2O4S/c1-2-3-4-5-6-7-8-9-10-11-12-19(13-16-20,14-17-21)15-18-22;1-5(2,3)4/h20-22H,2-18H2,1H3;(H2,1,2,3,4)/q+1;/p-2. The molecule has 0 aliphatic heterocycles. The molecule has 0 aromatic carbocycles. The van der Waals surface area contributed by atoms with E-state index in [1.165, 1.54) is 57.8 Å². The molecule has 0 unspecified atom stereocenters. The predicted molar refractivity (Wildman–Crippen MR) is 103 cm³/mol. The highest BCUT2D eigenvalue weighted by molar-refractivity contribution is 7.79. The molecule has 166 valence electrons. The lowest BCUT2D eigenvalue weighted by Gasteiger charge is -2.37. The molecule has 0 heterocycles. The van der Waals surface area contributed by atoms with Crippen molar-refractivity contribution in [2.24, 2.45) is 0 Å². The van der Waals surface area contributed by atoms with Gasteiger partial charge in [0.25, 0.3) is 0 Å². The zero-order chi connectivity index (χ0) is 21.0. The third-order valence-electron chi connectivity index (χ3n) is 4.71. The maximum atomic E-state index is 9.24. The van der Waals surface area contributed by atoms with Gasteiger partial charge >= 0.3 is 0 Å². The summed E-state index contributed by atoms with van der Waals surface area (Å²) < 4.78 is 34.7. The number of aliphatic hydroxyl groups is 3. The van der Waals surface area contributed by atoms with E-state index in [1.54, 1.807) is 0 Å². The van der Waals surface area contributed by atoms with Gasteiger partial charge in [0, 0.05) is 10.4 Å². The molecule has 8 nitrogen and oxygen atoms in total. The summed E-state index contributed by atoms with van der Waals surface area (Å²) in [5.41, 5.74) is 0. The van der Waals surface area contributed by atoms with Gasteiger partial charge in [-0.05, 0) is 12.8 Å². The largest absolute Gasteiger partial charge is 0.759 e. The smallest absolute Gasteiger partial charge is 0.102 e. The summed E-state index contributed by atoms with van der Waals surface area (Å²) in [6, 6.07) is 0. The molecule has 0 saturated heterocycles. The predicted octanol–water partition coefficient (Wildman–Crippen LogP) is 1.36. The van der Waals surface area contributed by atoms with E-state index in [-0.39, 0.29) is 19.8 Å². The SMILES string of the molecule is CCCCCCCCCCCC[N+](CCO)(CCO)CCO.O=S(=O)([O-])[O-]. The van der Waals surface area contributed by atoms with Crippen molar-refractivity contribution >= 4 is 10.4 Å². The molecule has 0 aliphatic rings. The average Bonchev–Trinajstić information content (AvgIpc) is 2.56. The van der Waals surface area contributed by atoms with Gasteiger partial charge < -0.3 is 28.9 Å². The molecule has 0 aromatic rings. The number of quaternary nitrogens is 1. The van der Waals surface area contributed by atoms with Crippen LogP contribution in [0.15, 0.2) is 0 Å². The van der Waals surface area contributed by atoms with Crippen LogP contribution in [-0.2, 0) is 10.4 Å². The lowest BCUT2D eigenvalue weighted by Crippen LogP contribution is -2.53. The summed E-state index contributed by atoms with van der Waals surface area (Å²) in [5, 5.41) is 27.7. The maximum absolute atomic E-state index is 9.24. The second kappa shape index (κ2) is 19.0. The molecule has 0 fully saturated rings. The highest BCUT2D eigenvalue weighted by atomic mass is 32.3. The molecular weight excluding hydrogens is 374 g/mol. The highest BCUT2D eigenvalue weighted by Crippen LogP contribution is 2.13. The Balaban J connectivity index is 0. The van der Waals surface area contributed by atoms with Crippen molar-refractivity contribution < 1.29 is 37.3 Å². The molecule has 0 radical (unpaired) electrons. The number of hydrogen-bond acceptors (Lipinski definition) is 7. The first-order valence-corrected chi connectivity index (χ1v) is 11.4. The summed E-state index contributed by atoms with van der Waals surface area (Å²) in [7, 11) is -5.17. The van der Waals surface area contributed by atoms with Crippen LogP contribution in [0.5, 0.6) is 0 Å². The van der Waals surface area contributed by atoms with Crippen molar-refractivity contribution in [3.8, 4) is 0 Å². The van der Waals surface area contributed by atoms with Crippen molar-refractivity contribution in [3.63, 3.8) is 0 Å². The van der Waals surface area contributed by atoms with E-state index in [9.17, 15) is 15.3 Å². The summed E-state index contributed by atoms with van der Waals surface area (Å²) in [6.45, 7) is 5.49. The molecule has 0 saturated carbocycles. The lowest BCUT2D eigenvalue weighted by molar-refractivity contribution is -0.929. The number of rotatable bonds is 17. The summed E-state index contributed by atoms with van der Waals surface area (Å²) in [4.78, 5) is 0. The molecule has 9 heteroatoms. The van der Waals surface area contributed by atoms with Gasteiger partial charge in [-0.3, -0.25) is 8.42 Å². The van der Waals surface area contributed by atoms with Gasteiger partial charge in [0.05, 0.1) is 26.4 Å². The van der Waals surface area contributed by atoms with E-state index >= 15 is 0 Å². The van der Waals surface area contributed by atoms with Gasteiger partial charge in [0.1, 0.15) is 19.6 Å². The van der Waals surface area contributed by atoms with Gasteiger partial charge in [-0.1, -0.05) is 58.3 Å². The van der Waals surface area contributed by atoms with Gasteiger partial charge in [-0.2, -0.15) is 0 Å². The topological polar surface area (TPSA) is 141 Å². The first kappa shape index (κ1) is 28.9. The summed E-state index contributed by atoms with van der Waals surface area (Å²) >= 11 is 0. The Labute approximate surface area is 165 Å². The first-order valence-electron chi connectivity index (χ1n) is 10.1. The quantitative estimate of drug-likeness (QED) is 0.141. The van der Waals surface area contributed by atoms with Gasteiger partial charge in [0.2, 0.25) is 0 Å². The fraction of sp³-hybridized carbons (Fsp3) is 1.00. The minimum Gasteiger partial charge on any atom is -0.759 e. The number of nitrogens with zero attached hydrogens (tertiary/aromatic N) is 1. The van der Waals surface area contributed by atoms with E-state index in [2.05, 4.69) is 6.92 Å². The van der Waals surface area contributed by atoms with Crippen LogP contribution >= 0.6 is 0 Å². The van der Waals surface area contributed by atoms with Crippen LogP contribution in [-0.4, -0.2) is 83.3 Å². The van der Waals surface area contributed by atoms with Gasteiger partial charge in [-0.15, -0.1) is 0 Å². The van der Waals surface area contributed by atoms with Gasteiger partial charge in [-0.25, -0.2) is 0 Å². The zero-order valence-corrected chi connectivity index (χ0v) is 17.7. The Morgan fingerprint density at radius 2 is 0.926 bits per heavy atom. The fourth-order valence-corrected chi connectivity index (χ4v) is 3.24. The van der Waals surface area contributed by atoms with Crippen molar-refractivity contribution in [2.45, 2.75) is 71.1 Å². The second-order valence-corrected chi connectivity index (χ2v) is 7.81. The molecule has 0 spiro atoms. The van der Waals surface area contributed by atoms with Crippen LogP contribution in [0.2, 0.25) is 0 Å². The minimum atomic E-state index is -5.17. The maximum Gasteiger partial charge on any atom is 0.102 e. The summed E-state index contributed by atoms with van der Waals surface area (Å²) in [6.07, 6.45) is 13.1. The molecule has 0 aromatic heterocycles. The Bertz CT molecular complexity index is 379. The molecule has 0 aliphatic carbocycles. The molecule has 0 bridgehead atoms. The Morgan fingerprint density at radius 1 is 0.630 bits per heavy atom. The van der Waals surface area contributed by atoms with Crippen molar-refractivity contribution in [1.82, 2.24) is 0 Å². The normalized spacial score (nSPS) is 11.9. The average molecular weight is 415 g/mol. The van der Waals surface area contributed by atoms with Crippen LogP contribution in [0.25, 0.3) is 0 Å². The highest BCUT2D eigenvalue weighted by Gasteiger charge is 2.25. The van der Waals surface area contributed by atoms with Crippen molar-refractivity contribution in [2.75, 3.05) is 46.0 Å². The van der Waals surface area contributed by atoms with E-state index in [4.69, 9.17) is 17.5 Å². The first-order chi connectivity index (χ1) is 12.7. The Kier molecular flexibility index (Phi) is 20.4. The minimum absolute atomic E-state index is 0.123. The molecule has 27 heavy (non-hydrogen) atoms. The van der Waals surface area contributed by atoms with Crippen LogP contribution in [0, 0.1) is 0 Å². The van der Waals surface area contributed by atoms with E-state index in [0.29, 0.717) is 24.1 Å². The number of aliphatic hydroxyl groups excluding tert-OH is 3. The third kappa shape index (κ3) is 23.7. The molecule has 0 amide bonds. The monoisotopic (exact) mass is 414 g/mol. The fourth-order valence-electron chi connectivity index (χ4n) is 3.24. The van der Waals surface area contributed by atoms with Crippen LogP contribution < -0.4 is 0 Å². The van der Waals surface area contributed by atoms with Crippen molar-refractivity contribution in [1.29, 1.82) is 0 Å². The van der Waals surface area contributed by atoms with Crippen molar-refractivity contribution in [3.05, 3.63) is 0 Å². The Hall–Kier alpha value is -0.290. The van der Waals surface area contributed by atoms with Crippen LogP contribution in [0.4, 0.5) is 0 Å². The lowest BCUT2D eigenvalue weighted by atomic mass is 10.1. The zero-order valence-electron chi connectivity index (χ0n) is 16.9. The molecule has 3 N–H and O–H groups in total. The Morgan fingerprint density at radius 3 is 1.22 bits per heavy atom. The van der Waals surface area contributed by atoms with Crippen LogP contribution in [0.3, 0.4) is 0 Å². The molecular formula is C18H40NO7S-. The third-order valence-corrected chi connectivity index (χ3v) is 4.71. The van der Waals surface area contributed by atoms with E-state index in [1.807, 2.05) is 0 Å². The molecule has 0 atom stereocenters. The van der Waals surface area contributed by atoms with E-state index in [0.717, 1.165) is 13.0 Å². The summed E-state index contributed by atoms with van der Waals surface area (Å²) in [5.74, 6) is 0. The van der Waals surface area contributed by atoms with Gasteiger partial charge in [0.15, 0.2) is 0 Å². The van der Waals surface area contributed by atoms with Crippen LogP contribution in [0.1, 0.15) is 71.1 Å². The molecule has 0 rings (SSSR count).